The first-order valence-electron chi connectivity index (χ1n) is 20.5. The van der Waals surface area contributed by atoms with Gasteiger partial charge >= 0.3 is 0 Å². The van der Waals surface area contributed by atoms with Gasteiger partial charge in [0.1, 0.15) is 11.2 Å². The molecule has 0 saturated carbocycles. The number of hydrogen-bond acceptors (Lipinski definition) is 2. The lowest BCUT2D eigenvalue weighted by atomic mass is 9.82. The van der Waals surface area contributed by atoms with E-state index in [2.05, 4.69) is 213 Å². The Morgan fingerprint density at radius 1 is 0.339 bits per heavy atom. The summed E-state index contributed by atoms with van der Waals surface area (Å²) in [5.41, 5.74) is 15.3. The van der Waals surface area contributed by atoms with E-state index in [1.54, 1.807) is 0 Å². The van der Waals surface area contributed by atoms with Crippen LogP contribution < -0.4 is 4.90 Å². The van der Waals surface area contributed by atoms with Gasteiger partial charge in [-0.1, -0.05) is 159 Å². The van der Waals surface area contributed by atoms with Crippen LogP contribution in [0.4, 0.5) is 17.1 Å². The van der Waals surface area contributed by atoms with Gasteiger partial charge in [-0.3, -0.25) is 0 Å². The van der Waals surface area contributed by atoms with Crippen molar-refractivity contribution >= 4 is 71.3 Å². The fourth-order valence-corrected chi connectivity index (χ4v) is 10.0. The second-order valence-electron chi connectivity index (χ2n) is 16.4. The molecule has 0 amide bonds. The Bertz CT molecular complexity index is 3420. The highest BCUT2D eigenvalue weighted by molar-refractivity contribution is 6.36. The number of hydrogen-bond donors (Lipinski definition) is 0. The molecule has 0 spiro atoms. The van der Waals surface area contributed by atoms with Crippen molar-refractivity contribution in [1.29, 1.82) is 0 Å². The smallest absolute Gasteiger partial charge is 0.136 e. The summed E-state index contributed by atoms with van der Waals surface area (Å²) in [7, 11) is 0. The summed E-state index contributed by atoms with van der Waals surface area (Å²) in [4.78, 5) is 2.41. The van der Waals surface area contributed by atoms with E-state index in [1.165, 1.54) is 82.2 Å². The van der Waals surface area contributed by atoms with E-state index < -0.39 is 0 Å². The van der Waals surface area contributed by atoms with Gasteiger partial charge in [0.15, 0.2) is 0 Å². The van der Waals surface area contributed by atoms with Crippen LogP contribution in [0.3, 0.4) is 0 Å². The zero-order valence-corrected chi connectivity index (χ0v) is 32.9. The van der Waals surface area contributed by atoms with Gasteiger partial charge < -0.3 is 9.32 Å². The third-order valence-electron chi connectivity index (χ3n) is 12.9. The lowest BCUT2D eigenvalue weighted by Crippen LogP contribution is -2.16. The van der Waals surface area contributed by atoms with Gasteiger partial charge in [0.05, 0.1) is 0 Å². The van der Waals surface area contributed by atoms with Crippen molar-refractivity contribution in [2.75, 3.05) is 4.90 Å². The summed E-state index contributed by atoms with van der Waals surface area (Å²) >= 11 is 0. The minimum atomic E-state index is -0.105. The van der Waals surface area contributed by atoms with Crippen molar-refractivity contribution in [2.24, 2.45) is 0 Å². The summed E-state index contributed by atoms with van der Waals surface area (Å²) in [5, 5.41) is 9.82. The molecule has 0 aliphatic heterocycles. The van der Waals surface area contributed by atoms with Crippen molar-refractivity contribution in [3.05, 3.63) is 211 Å². The Morgan fingerprint density at radius 3 is 1.64 bits per heavy atom. The molecule has 2 heteroatoms. The average Bonchev–Trinajstić information content (AvgIpc) is 3.79. The van der Waals surface area contributed by atoms with E-state index in [0.29, 0.717) is 0 Å². The van der Waals surface area contributed by atoms with Crippen molar-refractivity contribution in [2.45, 2.75) is 19.3 Å². The molecule has 0 saturated heterocycles. The fraction of sp³-hybridized carbons (Fsp3) is 0.0526. The van der Waals surface area contributed by atoms with Gasteiger partial charge in [-0.25, -0.2) is 0 Å². The Balaban J connectivity index is 1.02. The summed E-state index contributed by atoms with van der Waals surface area (Å²) in [6.45, 7) is 4.71. The molecule has 0 bridgehead atoms. The zero-order chi connectivity index (χ0) is 39.2. The Morgan fingerprint density at radius 2 is 0.881 bits per heavy atom. The van der Waals surface area contributed by atoms with E-state index in [-0.39, 0.29) is 5.41 Å². The van der Waals surface area contributed by atoms with Gasteiger partial charge in [-0.15, -0.1) is 0 Å². The first-order valence-corrected chi connectivity index (χ1v) is 20.5. The van der Waals surface area contributed by atoms with Crippen LogP contribution in [0.15, 0.2) is 205 Å². The zero-order valence-electron chi connectivity index (χ0n) is 32.9. The molecule has 0 N–H and O–H groups in total. The molecule has 0 fully saturated rings. The quantitative estimate of drug-likeness (QED) is 0.163. The molecular formula is C57H39NO. The monoisotopic (exact) mass is 753 g/mol. The maximum Gasteiger partial charge on any atom is 0.136 e. The number of benzene rings is 10. The minimum absolute atomic E-state index is 0.105. The van der Waals surface area contributed by atoms with Crippen LogP contribution in [0.2, 0.25) is 0 Å². The van der Waals surface area contributed by atoms with Crippen LogP contribution in [-0.2, 0) is 5.41 Å². The number of anilines is 3. The van der Waals surface area contributed by atoms with Crippen LogP contribution in [-0.4, -0.2) is 0 Å². The van der Waals surface area contributed by atoms with Gasteiger partial charge in [0, 0.05) is 38.6 Å². The van der Waals surface area contributed by atoms with E-state index in [4.69, 9.17) is 4.42 Å². The second kappa shape index (κ2) is 12.8. The third kappa shape index (κ3) is 5.06. The predicted octanol–water partition coefficient (Wildman–Crippen LogP) is 16.2. The Hall–Kier alpha value is -7.42. The third-order valence-corrected chi connectivity index (χ3v) is 12.9. The van der Waals surface area contributed by atoms with Crippen LogP contribution in [0.5, 0.6) is 0 Å². The molecule has 12 rings (SSSR count). The molecule has 2 nitrogen and oxygen atoms in total. The Labute approximate surface area is 343 Å². The number of fused-ring (bicyclic) bond motifs is 13. The average molecular weight is 754 g/mol. The molecule has 1 aromatic heterocycles. The van der Waals surface area contributed by atoms with Gasteiger partial charge in [0.2, 0.25) is 0 Å². The number of nitrogens with zero attached hydrogens (tertiary/aromatic N) is 1. The summed E-state index contributed by atoms with van der Waals surface area (Å²) in [5.74, 6) is 0. The largest absolute Gasteiger partial charge is 0.456 e. The normalized spacial score (nSPS) is 13.1. The number of rotatable bonds is 5. The molecule has 0 unspecified atom stereocenters. The van der Waals surface area contributed by atoms with Gasteiger partial charge in [-0.2, -0.15) is 0 Å². The number of para-hydroxylation sites is 1. The molecule has 1 aliphatic carbocycles. The molecule has 0 atom stereocenters. The lowest BCUT2D eigenvalue weighted by Gasteiger charge is -2.28. The highest BCUT2D eigenvalue weighted by atomic mass is 16.3. The molecule has 278 valence electrons. The Kier molecular flexibility index (Phi) is 7.31. The van der Waals surface area contributed by atoms with E-state index >= 15 is 0 Å². The van der Waals surface area contributed by atoms with Crippen LogP contribution >= 0.6 is 0 Å². The summed E-state index contributed by atoms with van der Waals surface area (Å²) in [6, 6.07) is 73.1. The predicted molar refractivity (Wildman–Crippen MR) is 249 cm³/mol. The molecule has 1 aliphatic rings. The summed E-state index contributed by atoms with van der Waals surface area (Å²) < 4.78 is 6.38. The standard InChI is InChI=1S/C57H39NO/c1-57(2)50-21-10-8-15-43(50)44-32-31-41(35-51(44)57)58(39-27-23-37(24-28-39)36-13-4-3-5-14-36)40-29-25-38(26-30-40)42-19-12-20-46-48-33-34-53-56(49-18-9-11-22-52(49)59-53)55(48)47-17-7-6-16-45(47)54(42)46/h3-35H,1-2H3. The van der Waals surface area contributed by atoms with Crippen molar-refractivity contribution < 1.29 is 4.42 Å². The topological polar surface area (TPSA) is 16.4 Å². The van der Waals surface area contributed by atoms with E-state index in [9.17, 15) is 0 Å². The minimum Gasteiger partial charge on any atom is -0.456 e. The van der Waals surface area contributed by atoms with Gasteiger partial charge in [-0.05, 0) is 126 Å². The van der Waals surface area contributed by atoms with Gasteiger partial charge in [0.25, 0.3) is 0 Å². The first-order chi connectivity index (χ1) is 29.0. The SMILES string of the molecule is CC1(C)c2ccccc2-c2ccc(N(c3ccc(-c4ccccc4)cc3)c3ccc(-c4cccc5c6ccc7oc8ccccc8c7c6c6ccccc6c45)cc3)cc21. The molecule has 1 heterocycles. The van der Waals surface area contributed by atoms with Crippen molar-refractivity contribution in [3.8, 4) is 33.4 Å². The maximum atomic E-state index is 6.38. The van der Waals surface area contributed by atoms with Crippen LogP contribution in [0.25, 0.3) is 87.6 Å². The maximum absolute atomic E-state index is 6.38. The van der Waals surface area contributed by atoms with E-state index in [1.807, 2.05) is 6.07 Å². The van der Waals surface area contributed by atoms with Crippen molar-refractivity contribution in [3.63, 3.8) is 0 Å². The first kappa shape index (κ1) is 33.7. The van der Waals surface area contributed by atoms with Crippen LogP contribution in [0.1, 0.15) is 25.0 Å². The molecule has 59 heavy (non-hydrogen) atoms. The highest BCUT2D eigenvalue weighted by Gasteiger charge is 2.35. The lowest BCUT2D eigenvalue weighted by molar-refractivity contribution is 0.660. The summed E-state index contributed by atoms with van der Waals surface area (Å²) in [6.07, 6.45) is 0. The van der Waals surface area contributed by atoms with Crippen LogP contribution in [0, 0.1) is 0 Å². The fourth-order valence-electron chi connectivity index (χ4n) is 10.0. The molecule has 0 radical (unpaired) electrons. The molecule has 11 aromatic rings. The van der Waals surface area contributed by atoms with Crippen molar-refractivity contribution in [1.82, 2.24) is 0 Å². The second-order valence-corrected chi connectivity index (χ2v) is 16.4. The van der Waals surface area contributed by atoms with E-state index in [0.717, 1.165) is 33.6 Å². The molecule has 10 aromatic carbocycles. The highest BCUT2D eigenvalue weighted by Crippen LogP contribution is 2.51. The number of furan rings is 1. The molecular weight excluding hydrogens is 715 g/mol.